The Kier molecular flexibility index (Phi) is 7.17. The van der Waals surface area contributed by atoms with Crippen LogP contribution in [0.3, 0.4) is 0 Å². The number of nitrogens with zero attached hydrogens (tertiary/aromatic N) is 1. The Bertz CT molecular complexity index is 958. The largest absolute Gasteiger partial charge is 0.326 e. The molecule has 0 spiro atoms. The minimum absolute atomic E-state index is 0.134. The molecule has 0 atom stereocenters. The van der Waals surface area contributed by atoms with Gasteiger partial charge in [-0.25, -0.2) is 4.39 Å². The average molecular weight is 429 g/mol. The van der Waals surface area contributed by atoms with E-state index in [9.17, 15) is 14.0 Å². The summed E-state index contributed by atoms with van der Waals surface area (Å²) in [5, 5.41) is 2.65. The van der Waals surface area contributed by atoms with Crippen molar-refractivity contribution in [3.05, 3.63) is 70.4 Å². The number of carbonyl (C=O) groups excluding carboxylic acids is 2. The Morgan fingerprint density at radius 1 is 1.24 bits per heavy atom. The molecular formula is C22H21FN2O2S2. The van der Waals surface area contributed by atoms with Crippen molar-refractivity contribution in [1.29, 1.82) is 0 Å². The lowest BCUT2D eigenvalue weighted by molar-refractivity contribution is -0.122. The maximum absolute atomic E-state index is 13.2. The number of nitrogens with one attached hydrogen (secondary N) is 1. The lowest BCUT2D eigenvalue weighted by atomic mass is 10.1. The molecule has 29 heavy (non-hydrogen) atoms. The Morgan fingerprint density at radius 3 is 2.69 bits per heavy atom. The van der Waals surface area contributed by atoms with Crippen molar-refractivity contribution in [3.63, 3.8) is 0 Å². The minimum Gasteiger partial charge on any atom is -0.326 e. The topological polar surface area (TPSA) is 49.4 Å². The smallest absolute Gasteiger partial charge is 0.266 e. The molecule has 0 radical (unpaired) electrons. The molecular weight excluding hydrogens is 407 g/mol. The number of rotatable bonds is 7. The van der Waals surface area contributed by atoms with Gasteiger partial charge in [-0.1, -0.05) is 61.2 Å². The zero-order valence-electron chi connectivity index (χ0n) is 16.0. The van der Waals surface area contributed by atoms with Crippen LogP contribution in [0.5, 0.6) is 0 Å². The number of thiocarbonyl (C=S) groups is 1. The van der Waals surface area contributed by atoms with E-state index in [2.05, 4.69) is 12.2 Å². The molecule has 2 amide bonds. The van der Waals surface area contributed by atoms with E-state index in [0.717, 1.165) is 12.0 Å². The van der Waals surface area contributed by atoms with Gasteiger partial charge in [0.2, 0.25) is 5.91 Å². The summed E-state index contributed by atoms with van der Waals surface area (Å²) in [6.45, 7) is 2.46. The molecule has 1 N–H and O–H groups in total. The highest BCUT2D eigenvalue weighted by Crippen LogP contribution is 2.32. The van der Waals surface area contributed by atoms with Gasteiger partial charge in [-0.3, -0.25) is 14.5 Å². The number of benzene rings is 2. The van der Waals surface area contributed by atoms with E-state index in [0.29, 0.717) is 27.9 Å². The number of halogens is 1. The number of anilines is 1. The van der Waals surface area contributed by atoms with Crippen LogP contribution in [0.2, 0.25) is 0 Å². The van der Waals surface area contributed by atoms with E-state index in [4.69, 9.17) is 12.2 Å². The van der Waals surface area contributed by atoms with Crippen molar-refractivity contribution in [1.82, 2.24) is 4.90 Å². The Morgan fingerprint density at radius 2 is 2.00 bits per heavy atom. The maximum atomic E-state index is 13.2. The number of thioether (sulfide) groups is 1. The molecule has 1 heterocycles. The second kappa shape index (κ2) is 9.80. The number of carbonyl (C=O) groups is 2. The second-order valence-electron chi connectivity index (χ2n) is 6.59. The van der Waals surface area contributed by atoms with Crippen LogP contribution < -0.4 is 5.32 Å². The van der Waals surface area contributed by atoms with Gasteiger partial charge in [0.05, 0.1) is 4.91 Å². The number of hydrogen-bond donors (Lipinski definition) is 1. The number of aryl methyl sites for hydroxylation is 1. The summed E-state index contributed by atoms with van der Waals surface area (Å²) in [4.78, 5) is 26.8. The molecule has 4 nitrogen and oxygen atoms in total. The quantitative estimate of drug-likeness (QED) is 0.498. The maximum Gasteiger partial charge on any atom is 0.266 e. The first-order valence-electron chi connectivity index (χ1n) is 9.36. The summed E-state index contributed by atoms with van der Waals surface area (Å²) in [5.74, 6) is -0.769. The predicted octanol–water partition coefficient (Wildman–Crippen LogP) is 5.01. The van der Waals surface area contributed by atoms with Crippen molar-refractivity contribution in [2.75, 3.05) is 11.9 Å². The highest BCUT2D eigenvalue weighted by atomic mass is 32.2. The van der Waals surface area contributed by atoms with E-state index in [1.165, 1.54) is 40.4 Å². The van der Waals surface area contributed by atoms with Gasteiger partial charge < -0.3 is 5.32 Å². The van der Waals surface area contributed by atoms with Crippen LogP contribution in [-0.4, -0.2) is 27.6 Å². The molecule has 1 saturated heterocycles. The molecule has 0 bridgehead atoms. The summed E-state index contributed by atoms with van der Waals surface area (Å²) >= 11 is 6.61. The summed E-state index contributed by atoms with van der Waals surface area (Å²) in [7, 11) is 0. The van der Waals surface area contributed by atoms with Crippen LogP contribution in [0.15, 0.2) is 53.4 Å². The molecule has 7 heteroatoms. The highest BCUT2D eigenvalue weighted by molar-refractivity contribution is 8.26. The Hall–Kier alpha value is -2.51. The molecule has 150 valence electrons. The molecule has 1 fully saturated rings. The van der Waals surface area contributed by atoms with Gasteiger partial charge in [-0.15, -0.1) is 0 Å². The van der Waals surface area contributed by atoms with Crippen LogP contribution in [0.25, 0.3) is 6.08 Å². The van der Waals surface area contributed by atoms with E-state index >= 15 is 0 Å². The van der Waals surface area contributed by atoms with Crippen molar-refractivity contribution in [3.8, 4) is 0 Å². The Balaban J connectivity index is 1.53. The fourth-order valence-corrected chi connectivity index (χ4v) is 4.19. The molecule has 0 saturated carbocycles. The van der Waals surface area contributed by atoms with Gasteiger partial charge in [0.15, 0.2) is 0 Å². The van der Waals surface area contributed by atoms with E-state index in [1.807, 2.05) is 30.3 Å². The van der Waals surface area contributed by atoms with E-state index in [1.54, 1.807) is 6.07 Å². The van der Waals surface area contributed by atoms with Gasteiger partial charge in [0, 0.05) is 18.7 Å². The van der Waals surface area contributed by atoms with Crippen LogP contribution in [0, 0.1) is 5.82 Å². The van der Waals surface area contributed by atoms with Gasteiger partial charge in [0.1, 0.15) is 10.1 Å². The van der Waals surface area contributed by atoms with Gasteiger partial charge >= 0.3 is 0 Å². The van der Waals surface area contributed by atoms with Crippen molar-refractivity contribution < 1.29 is 14.0 Å². The fourth-order valence-electron chi connectivity index (χ4n) is 2.88. The SMILES string of the molecule is CCc1ccc(C=C2SC(=S)N(CCCC(=O)Nc3cccc(F)c3)C2=O)cc1. The fraction of sp³-hybridized carbons (Fsp3) is 0.227. The summed E-state index contributed by atoms with van der Waals surface area (Å²) in [5.41, 5.74) is 2.61. The molecule has 2 aromatic rings. The second-order valence-corrected chi connectivity index (χ2v) is 8.27. The van der Waals surface area contributed by atoms with E-state index < -0.39 is 5.82 Å². The normalized spacial score (nSPS) is 15.2. The zero-order chi connectivity index (χ0) is 20.8. The van der Waals surface area contributed by atoms with Crippen LogP contribution in [0.4, 0.5) is 10.1 Å². The molecule has 0 unspecified atom stereocenters. The molecule has 0 aliphatic carbocycles. The van der Waals surface area contributed by atoms with Crippen LogP contribution >= 0.6 is 24.0 Å². The third-order valence-electron chi connectivity index (χ3n) is 4.45. The highest BCUT2D eigenvalue weighted by Gasteiger charge is 2.31. The Labute approximate surface area is 179 Å². The van der Waals surface area contributed by atoms with Crippen molar-refractivity contribution in [2.24, 2.45) is 0 Å². The lowest BCUT2D eigenvalue weighted by Crippen LogP contribution is -2.29. The monoisotopic (exact) mass is 428 g/mol. The summed E-state index contributed by atoms with van der Waals surface area (Å²) in [6, 6.07) is 13.8. The van der Waals surface area contributed by atoms with Crippen LogP contribution in [-0.2, 0) is 16.0 Å². The molecule has 1 aliphatic rings. The third-order valence-corrected chi connectivity index (χ3v) is 5.83. The number of hydrogen-bond acceptors (Lipinski definition) is 4. The first kappa shape index (κ1) is 21.2. The third kappa shape index (κ3) is 5.74. The molecule has 1 aliphatic heterocycles. The van der Waals surface area contributed by atoms with Gasteiger partial charge in [-0.2, -0.15) is 0 Å². The van der Waals surface area contributed by atoms with E-state index in [-0.39, 0.29) is 18.2 Å². The van der Waals surface area contributed by atoms with Crippen molar-refractivity contribution in [2.45, 2.75) is 26.2 Å². The first-order valence-corrected chi connectivity index (χ1v) is 10.6. The first-order chi connectivity index (χ1) is 14.0. The predicted molar refractivity (Wildman–Crippen MR) is 120 cm³/mol. The zero-order valence-corrected chi connectivity index (χ0v) is 17.6. The summed E-state index contributed by atoms with van der Waals surface area (Å²) < 4.78 is 13.7. The summed E-state index contributed by atoms with van der Waals surface area (Å²) in [6.07, 6.45) is 3.49. The molecule has 2 aromatic carbocycles. The standard InChI is InChI=1S/C22H21FN2O2S2/c1-2-15-8-10-16(11-9-15)13-19-21(27)25(22(28)29-19)12-4-7-20(26)24-18-6-3-5-17(23)14-18/h3,5-6,8-11,13-14H,2,4,7,12H2,1H3,(H,24,26). The lowest BCUT2D eigenvalue weighted by Gasteiger charge is -2.14. The minimum atomic E-state index is -0.406. The van der Waals surface area contributed by atoms with Gasteiger partial charge in [-0.05, 0) is 48.2 Å². The molecule has 0 aromatic heterocycles. The average Bonchev–Trinajstić information content (AvgIpc) is 2.96. The van der Waals surface area contributed by atoms with Gasteiger partial charge in [0.25, 0.3) is 5.91 Å². The number of amides is 2. The van der Waals surface area contributed by atoms with Crippen molar-refractivity contribution >= 4 is 51.9 Å². The van der Waals surface area contributed by atoms with Crippen LogP contribution in [0.1, 0.15) is 30.9 Å². The molecule has 3 rings (SSSR count).